The molecule has 0 spiro atoms. The third kappa shape index (κ3) is 5.19. The summed E-state index contributed by atoms with van der Waals surface area (Å²) in [6.07, 6.45) is 7.93. The van der Waals surface area contributed by atoms with Crippen LogP contribution in [0.25, 0.3) is 0 Å². The second-order valence-corrected chi connectivity index (χ2v) is 6.61. The minimum absolute atomic E-state index is 0.447. The van der Waals surface area contributed by atoms with Crippen LogP contribution in [0.5, 0.6) is 5.75 Å². The van der Waals surface area contributed by atoms with E-state index in [1.54, 1.807) is 0 Å². The van der Waals surface area contributed by atoms with Gasteiger partial charge in [0.15, 0.2) is 0 Å². The van der Waals surface area contributed by atoms with Crippen molar-refractivity contribution in [3.8, 4) is 5.75 Å². The highest BCUT2D eigenvalue weighted by Gasteiger charge is 2.23. The Morgan fingerprint density at radius 1 is 1.29 bits per heavy atom. The van der Waals surface area contributed by atoms with Gasteiger partial charge in [0.05, 0.1) is 5.02 Å². The second kappa shape index (κ2) is 8.65. The number of nitrogens with one attached hydrogen (secondary N) is 1. The standard InChI is InChI=1S/C18H28ClNO/c1-3-11-20-17(15-7-5-4-6-8-15)13-21-18-10-9-14(2)12-16(18)19/h9-10,12,15,17,20H,3-8,11,13H2,1-2H3. The van der Waals surface area contributed by atoms with Crippen molar-refractivity contribution in [2.45, 2.75) is 58.4 Å². The van der Waals surface area contributed by atoms with Gasteiger partial charge in [0.1, 0.15) is 12.4 Å². The third-order valence-electron chi connectivity index (χ3n) is 4.38. The van der Waals surface area contributed by atoms with E-state index in [4.69, 9.17) is 16.3 Å². The summed E-state index contributed by atoms with van der Waals surface area (Å²) in [6, 6.07) is 6.44. The molecule has 0 radical (unpaired) electrons. The third-order valence-corrected chi connectivity index (χ3v) is 4.68. The molecule has 1 unspecified atom stereocenters. The Morgan fingerprint density at radius 3 is 2.71 bits per heavy atom. The Kier molecular flexibility index (Phi) is 6.85. The number of aryl methyl sites for hydroxylation is 1. The van der Waals surface area contributed by atoms with Gasteiger partial charge in [0, 0.05) is 6.04 Å². The predicted octanol–water partition coefficient (Wildman–Crippen LogP) is 4.98. The van der Waals surface area contributed by atoms with E-state index in [-0.39, 0.29) is 0 Å². The van der Waals surface area contributed by atoms with Gasteiger partial charge in [-0.3, -0.25) is 0 Å². The molecular weight excluding hydrogens is 282 g/mol. The highest BCUT2D eigenvalue weighted by Crippen LogP contribution is 2.29. The molecular formula is C18H28ClNO. The Bertz CT molecular complexity index is 429. The first-order chi connectivity index (χ1) is 10.2. The van der Waals surface area contributed by atoms with Crippen LogP contribution < -0.4 is 10.1 Å². The monoisotopic (exact) mass is 309 g/mol. The number of halogens is 1. The molecule has 1 fully saturated rings. The van der Waals surface area contributed by atoms with Gasteiger partial charge in [-0.25, -0.2) is 0 Å². The summed E-state index contributed by atoms with van der Waals surface area (Å²) in [6.45, 7) is 6.03. The highest BCUT2D eigenvalue weighted by molar-refractivity contribution is 6.32. The molecule has 1 aromatic rings. The molecule has 0 aliphatic heterocycles. The zero-order chi connectivity index (χ0) is 15.1. The summed E-state index contributed by atoms with van der Waals surface area (Å²) in [5.41, 5.74) is 1.17. The average molecular weight is 310 g/mol. The quantitative estimate of drug-likeness (QED) is 0.767. The van der Waals surface area contributed by atoms with Crippen molar-refractivity contribution in [1.82, 2.24) is 5.32 Å². The molecule has 1 N–H and O–H groups in total. The molecule has 1 aromatic carbocycles. The van der Waals surface area contributed by atoms with Crippen molar-refractivity contribution in [1.29, 1.82) is 0 Å². The van der Waals surface area contributed by atoms with Crippen LogP contribution in [-0.2, 0) is 0 Å². The van der Waals surface area contributed by atoms with Gasteiger partial charge < -0.3 is 10.1 Å². The molecule has 0 amide bonds. The molecule has 2 nitrogen and oxygen atoms in total. The summed E-state index contributed by atoms with van der Waals surface area (Å²) >= 11 is 6.26. The molecule has 1 atom stereocenters. The SMILES string of the molecule is CCCNC(COc1ccc(C)cc1Cl)C1CCCCC1. The molecule has 0 heterocycles. The molecule has 21 heavy (non-hydrogen) atoms. The number of hydrogen-bond acceptors (Lipinski definition) is 2. The van der Waals surface area contributed by atoms with Crippen LogP contribution in [0.4, 0.5) is 0 Å². The van der Waals surface area contributed by atoms with Gasteiger partial charge in [-0.1, -0.05) is 43.9 Å². The normalized spacial score (nSPS) is 17.7. The van der Waals surface area contributed by atoms with Gasteiger partial charge in [-0.2, -0.15) is 0 Å². The summed E-state index contributed by atoms with van der Waals surface area (Å²) in [7, 11) is 0. The topological polar surface area (TPSA) is 21.3 Å². The first-order valence-electron chi connectivity index (χ1n) is 8.33. The lowest BCUT2D eigenvalue weighted by Gasteiger charge is -2.31. The number of hydrogen-bond donors (Lipinski definition) is 1. The molecule has 1 aliphatic carbocycles. The molecule has 0 saturated heterocycles. The lowest BCUT2D eigenvalue weighted by molar-refractivity contribution is 0.186. The van der Waals surface area contributed by atoms with Crippen LogP contribution in [0.2, 0.25) is 5.02 Å². The van der Waals surface area contributed by atoms with Gasteiger partial charge in [0.25, 0.3) is 0 Å². The Hall–Kier alpha value is -0.730. The van der Waals surface area contributed by atoms with Gasteiger partial charge in [0.2, 0.25) is 0 Å². The van der Waals surface area contributed by atoms with Gasteiger partial charge >= 0.3 is 0 Å². The molecule has 3 heteroatoms. The molecule has 1 aliphatic rings. The number of ether oxygens (including phenoxy) is 1. The molecule has 118 valence electrons. The van der Waals surface area contributed by atoms with E-state index in [1.807, 2.05) is 19.1 Å². The van der Waals surface area contributed by atoms with Crippen molar-refractivity contribution in [2.75, 3.05) is 13.2 Å². The van der Waals surface area contributed by atoms with E-state index in [0.29, 0.717) is 17.7 Å². The van der Waals surface area contributed by atoms with E-state index < -0.39 is 0 Å². The number of benzene rings is 1. The van der Waals surface area contributed by atoms with Crippen molar-refractivity contribution in [3.63, 3.8) is 0 Å². The lowest BCUT2D eigenvalue weighted by Crippen LogP contribution is -2.42. The van der Waals surface area contributed by atoms with E-state index >= 15 is 0 Å². The van der Waals surface area contributed by atoms with Crippen LogP contribution in [0.1, 0.15) is 51.0 Å². The van der Waals surface area contributed by atoms with Crippen LogP contribution in [-0.4, -0.2) is 19.2 Å². The summed E-state index contributed by atoms with van der Waals surface area (Å²) in [5, 5.41) is 4.39. The van der Waals surface area contributed by atoms with E-state index in [2.05, 4.69) is 18.3 Å². The minimum atomic E-state index is 0.447. The van der Waals surface area contributed by atoms with Crippen molar-refractivity contribution >= 4 is 11.6 Å². The Balaban J connectivity index is 1.93. The molecule has 2 rings (SSSR count). The van der Waals surface area contributed by atoms with Gasteiger partial charge in [-0.15, -0.1) is 0 Å². The van der Waals surface area contributed by atoms with Crippen LogP contribution >= 0.6 is 11.6 Å². The maximum atomic E-state index is 6.26. The van der Waals surface area contributed by atoms with Crippen molar-refractivity contribution < 1.29 is 4.74 Å². The highest BCUT2D eigenvalue weighted by atomic mass is 35.5. The second-order valence-electron chi connectivity index (χ2n) is 6.20. The fourth-order valence-corrected chi connectivity index (χ4v) is 3.42. The van der Waals surface area contributed by atoms with Crippen LogP contribution in [0.3, 0.4) is 0 Å². The van der Waals surface area contributed by atoms with Crippen LogP contribution in [0.15, 0.2) is 18.2 Å². The predicted molar refractivity (Wildman–Crippen MR) is 90.3 cm³/mol. The first kappa shape index (κ1) is 16.6. The smallest absolute Gasteiger partial charge is 0.137 e. The molecule has 1 saturated carbocycles. The summed E-state index contributed by atoms with van der Waals surface area (Å²) in [5.74, 6) is 1.55. The Labute approximate surface area is 134 Å². The average Bonchev–Trinajstić information content (AvgIpc) is 2.50. The summed E-state index contributed by atoms with van der Waals surface area (Å²) in [4.78, 5) is 0. The first-order valence-corrected chi connectivity index (χ1v) is 8.71. The molecule has 0 aromatic heterocycles. The van der Waals surface area contributed by atoms with E-state index in [1.165, 1.54) is 37.7 Å². The van der Waals surface area contributed by atoms with E-state index in [0.717, 1.165) is 24.6 Å². The largest absolute Gasteiger partial charge is 0.490 e. The maximum Gasteiger partial charge on any atom is 0.137 e. The lowest BCUT2D eigenvalue weighted by atomic mass is 9.84. The van der Waals surface area contributed by atoms with E-state index in [9.17, 15) is 0 Å². The summed E-state index contributed by atoms with van der Waals surface area (Å²) < 4.78 is 6.01. The van der Waals surface area contributed by atoms with Gasteiger partial charge in [-0.05, 0) is 56.3 Å². The maximum absolute atomic E-state index is 6.26. The Morgan fingerprint density at radius 2 is 2.05 bits per heavy atom. The van der Waals surface area contributed by atoms with Crippen LogP contribution in [0, 0.1) is 12.8 Å². The van der Waals surface area contributed by atoms with Crippen molar-refractivity contribution in [3.05, 3.63) is 28.8 Å². The zero-order valence-corrected chi connectivity index (χ0v) is 14.1. The minimum Gasteiger partial charge on any atom is -0.490 e. The molecule has 0 bridgehead atoms. The fraction of sp³-hybridized carbons (Fsp3) is 0.667. The number of rotatable bonds is 7. The van der Waals surface area contributed by atoms with Crippen molar-refractivity contribution in [2.24, 2.45) is 5.92 Å². The zero-order valence-electron chi connectivity index (χ0n) is 13.3. The fourth-order valence-electron chi connectivity index (χ4n) is 3.13.